The normalized spacial score (nSPS) is 35.3. The molecule has 0 aromatic heterocycles. The van der Waals surface area contributed by atoms with Crippen LogP contribution in [-0.2, 0) is 28.7 Å². The van der Waals surface area contributed by atoms with Crippen LogP contribution in [0.5, 0.6) is 0 Å². The van der Waals surface area contributed by atoms with Crippen LogP contribution in [0.1, 0.15) is 33.1 Å². The van der Waals surface area contributed by atoms with Gasteiger partial charge in [-0.2, -0.15) is 0 Å². The van der Waals surface area contributed by atoms with Crippen molar-refractivity contribution in [3.63, 3.8) is 0 Å². The standard InChI is InChI=1S/C16H19NO6/c1-3-22-9-7-10-15(11(18)8-9)5-6-16(10,14(21)23-4-2)13(20)17-12(15)19/h8,10H,3-7H2,1-2H3,(H,17,19,20)/t10-,15-,16-/m1/s1. The molecule has 1 saturated carbocycles. The third-order valence-electron chi connectivity index (χ3n) is 5.25. The van der Waals surface area contributed by atoms with E-state index in [1.807, 2.05) is 0 Å². The van der Waals surface area contributed by atoms with Crippen molar-refractivity contribution < 1.29 is 28.7 Å². The van der Waals surface area contributed by atoms with Crippen LogP contribution < -0.4 is 5.32 Å². The van der Waals surface area contributed by atoms with Gasteiger partial charge < -0.3 is 9.47 Å². The topological polar surface area (TPSA) is 98.8 Å². The molecule has 7 nitrogen and oxygen atoms in total. The molecule has 1 heterocycles. The van der Waals surface area contributed by atoms with Crippen molar-refractivity contribution in [1.82, 2.24) is 5.32 Å². The lowest BCUT2D eigenvalue weighted by Crippen LogP contribution is -2.65. The average Bonchev–Trinajstić information content (AvgIpc) is 2.79. The molecule has 23 heavy (non-hydrogen) atoms. The monoisotopic (exact) mass is 321 g/mol. The Hall–Kier alpha value is -2.18. The maximum Gasteiger partial charge on any atom is 0.322 e. The van der Waals surface area contributed by atoms with E-state index in [1.54, 1.807) is 13.8 Å². The highest BCUT2D eigenvalue weighted by Crippen LogP contribution is 2.62. The Balaban J connectivity index is 2.12. The highest BCUT2D eigenvalue weighted by Gasteiger charge is 2.74. The Morgan fingerprint density at radius 2 is 1.96 bits per heavy atom. The second kappa shape index (κ2) is 5.18. The number of nitrogens with one attached hydrogen (secondary N) is 1. The Bertz CT molecular complexity index is 638. The first-order chi connectivity index (χ1) is 10.9. The Kier molecular flexibility index (Phi) is 3.54. The zero-order valence-corrected chi connectivity index (χ0v) is 13.1. The minimum Gasteiger partial charge on any atom is -0.498 e. The van der Waals surface area contributed by atoms with E-state index in [4.69, 9.17) is 9.47 Å². The largest absolute Gasteiger partial charge is 0.498 e. The van der Waals surface area contributed by atoms with Crippen LogP contribution in [0.15, 0.2) is 11.8 Å². The fourth-order valence-corrected chi connectivity index (χ4v) is 4.21. The third-order valence-corrected chi connectivity index (χ3v) is 5.25. The van der Waals surface area contributed by atoms with Gasteiger partial charge in [0, 0.05) is 18.4 Å². The number of carbonyl (C=O) groups is 4. The molecule has 2 bridgehead atoms. The summed E-state index contributed by atoms with van der Waals surface area (Å²) in [5, 5.41) is 2.22. The number of ketones is 1. The summed E-state index contributed by atoms with van der Waals surface area (Å²) < 4.78 is 10.5. The predicted octanol–water partition coefficient (Wildman–Crippen LogP) is 0.482. The third kappa shape index (κ3) is 1.82. The lowest BCUT2D eigenvalue weighted by Gasteiger charge is -2.44. The molecule has 3 atom stereocenters. The number of piperidine rings is 1. The molecule has 2 amide bonds. The Morgan fingerprint density at radius 3 is 2.61 bits per heavy atom. The van der Waals surface area contributed by atoms with Gasteiger partial charge in [0.1, 0.15) is 5.41 Å². The highest BCUT2D eigenvalue weighted by molar-refractivity contribution is 6.23. The minimum atomic E-state index is -1.49. The highest BCUT2D eigenvalue weighted by atomic mass is 16.5. The van der Waals surface area contributed by atoms with Crippen molar-refractivity contribution in [2.24, 2.45) is 16.7 Å². The number of rotatable bonds is 4. The van der Waals surface area contributed by atoms with E-state index in [0.29, 0.717) is 12.4 Å². The van der Waals surface area contributed by atoms with Crippen molar-refractivity contribution in [2.45, 2.75) is 33.1 Å². The molecule has 124 valence electrons. The molecule has 0 aromatic rings. The molecule has 1 aliphatic heterocycles. The zero-order valence-electron chi connectivity index (χ0n) is 13.1. The van der Waals surface area contributed by atoms with E-state index < -0.39 is 40.3 Å². The van der Waals surface area contributed by atoms with Gasteiger partial charge in [-0.15, -0.1) is 0 Å². The minimum absolute atomic E-state index is 0.129. The summed E-state index contributed by atoms with van der Waals surface area (Å²) in [4.78, 5) is 50.2. The second-order valence-electron chi connectivity index (χ2n) is 6.11. The molecule has 0 radical (unpaired) electrons. The molecule has 1 saturated heterocycles. The smallest absolute Gasteiger partial charge is 0.322 e. The van der Waals surface area contributed by atoms with Crippen LogP contribution in [0.2, 0.25) is 0 Å². The summed E-state index contributed by atoms with van der Waals surface area (Å²) in [5.41, 5.74) is -2.85. The maximum atomic E-state index is 12.7. The van der Waals surface area contributed by atoms with Crippen molar-refractivity contribution in [3.8, 4) is 0 Å². The molecule has 2 aliphatic carbocycles. The summed E-state index contributed by atoms with van der Waals surface area (Å²) in [7, 11) is 0. The number of esters is 1. The molecule has 0 unspecified atom stereocenters. The van der Waals surface area contributed by atoms with Gasteiger partial charge in [0.25, 0.3) is 0 Å². The lowest BCUT2D eigenvalue weighted by molar-refractivity contribution is -0.172. The van der Waals surface area contributed by atoms with Crippen molar-refractivity contribution in [2.75, 3.05) is 13.2 Å². The van der Waals surface area contributed by atoms with Crippen molar-refractivity contribution >= 4 is 23.6 Å². The van der Waals surface area contributed by atoms with E-state index in [2.05, 4.69) is 5.32 Å². The first kappa shape index (κ1) is 15.7. The Morgan fingerprint density at radius 1 is 1.22 bits per heavy atom. The molecular weight excluding hydrogens is 302 g/mol. The van der Waals surface area contributed by atoms with Crippen molar-refractivity contribution in [1.29, 1.82) is 0 Å². The van der Waals surface area contributed by atoms with Crippen LogP contribution in [-0.4, -0.2) is 36.8 Å². The fourth-order valence-electron chi connectivity index (χ4n) is 4.21. The number of hydrogen-bond donors (Lipinski definition) is 1. The number of hydrogen-bond acceptors (Lipinski definition) is 6. The number of imide groups is 1. The summed E-state index contributed by atoms with van der Waals surface area (Å²) in [6, 6.07) is 0. The van der Waals surface area contributed by atoms with Crippen LogP contribution >= 0.6 is 0 Å². The van der Waals surface area contributed by atoms with Crippen LogP contribution in [0, 0.1) is 16.7 Å². The quantitative estimate of drug-likeness (QED) is 0.459. The lowest BCUT2D eigenvalue weighted by atomic mass is 9.59. The van der Waals surface area contributed by atoms with Gasteiger partial charge in [0.2, 0.25) is 11.8 Å². The second-order valence-corrected chi connectivity index (χ2v) is 6.11. The van der Waals surface area contributed by atoms with E-state index in [1.165, 1.54) is 6.08 Å². The molecule has 7 heteroatoms. The van der Waals surface area contributed by atoms with Gasteiger partial charge in [-0.1, -0.05) is 0 Å². The summed E-state index contributed by atoms with van der Waals surface area (Å²) in [6.45, 7) is 3.93. The molecule has 0 spiro atoms. The van der Waals surface area contributed by atoms with Gasteiger partial charge in [-0.05, 0) is 26.7 Å². The van der Waals surface area contributed by atoms with E-state index in [9.17, 15) is 19.2 Å². The van der Waals surface area contributed by atoms with Gasteiger partial charge in [0.05, 0.1) is 19.0 Å². The average molecular weight is 321 g/mol. The molecule has 2 fully saturated rings. The fraction of sp³-hybridized carbons (Fsp3) is 0.625. The van der Waals surface area contributed by atoms with Crippen LogP contribution in [0.3, 0.4) is 0 Å². The molecular formula is C16H19NO6. The number of amides is 2. The number of carbonyl (C=O) groups excluding carboxylic acids is 4. The molecule has 1 N–H and O–H groups in total. The van der Waals surface area contributed by atoms with Crippen molar-refractivity contribution in [3.05, 3.63) is 11.8 Å². The molecule has 3 aliphatic rings. The number of ether oxygens (including phenoxy) is 2. The zero-order chi connectivity index (χ0) is 16.8. The van der Waals surface area contributed by atoms with Crippen LogP contribution in [0.4, 0.5) is 0 Å². The summed E-state index contributed by atoms with van der Waals surface area (Å²) >= 11 is 0. The van der Waals surface area contributed by atoms with Crippen LogP contribution in [0.25, 0.3) is 0 Å². The van der Waals surface area contributed by atoms with Gasteiger partial charge in [-0.3, -0.25) is 24.5 Å². The van der Waals surface area contributed by atoms with Gasteiger partial charge in [0.15, 0.2) is 11.2 Å². The SMILES string of the molecule is CCOC(=O)[C@]12CC[C@@]3(C(=O)C=C(OCC)C[C@H]31)C(=O)NC2=O. The van der Waals surface area contributed by atoms with E-state index >= 15 is 0 Å². The maximum absolute atomic E-state index is 12.7. The Labute approximate surface area is 133 Å². The van der Waals surface area contributed by atoms with E-state index in [-0.39, 0.29) is 25.9 Å². The number of allylic oxidation sites excluding steroid dienone is 2. The van der Waals surface area contributed by atoms with Gasteiger partial charge >= 0.3 is 5.97 Å². The van der Waals surface area contributed by atoms with Gasteiger partial charge in [-0.25, -0.2) is 0 Å². The summed E-state index contributed by atoms with van der Waals surface area (Å²) in [6.07, 6.45) is 1.84. The molecule has 3 rings (SSSR count). The molecule has 0 aromatic carbocycles. The first-order valence-corrected chi connectivity index (χ1v) is 7.84. The predicted molar refractivity (Wildman–Crippen MR) is 76.7 cm³/mol. The van der Waals surface area contributed by atoms with E-state index in [0.717, 1.165) is 0 Å². The summed E-state index contributed by atoms with van der Waals surface area (Å²) in [5.74, 6) is -2.66. The first-order valence-electron chi connectivity index (χ1n) is 7.84.